The van der Waals surface area contributed by atoms with E-state index in [2.05, 4.69) is 0 Å². The molecular weight excluding hydrogens is 168 g/mol. The molecule has 1 aromatic rings. The van der Waals surface area contributed by atoms with Gasteiger partial charge in [0.05, 0.1) is 13.2 Å². The maximum absolute atomic E-state index is 9.63. The summed E-state index contributed by atoms with van der Waals surface area (Å²) in [6.45, 7) is 3.23. The Morgan fingerprint density at radius 3 is 1.69 bits per heavy atom. The largest absolute Gasteiger partial charge is 0.507 e. The van der Waals surface area contributed by atoms with Crippen LogP contribution < -0.4 is 0 Å². The zero-order chi connectivity index (χ0) is 10.0. The lowest BCUT2D eigenvalue weighted by Gasteiger charge is -2.12. The van der Waals surface area contributed by atoms with Gasteiger partial charge in [0.1, 0.15) is 5.75 Å². The minimum Gasteiger partial charge on any atom is -0.507 e. The van der Waals surface area contributed by atoms with Gasteiger partial charge in [-0.05, 0) is 25.0 Å². The van der Waals surface area contributed by atoms with Gasteiger partial charge in [0.2, 0.25) is 0 Å². The molecule has 13 heavy (non-hydrogen) atoms. The van der Waals surface area contributed by atoms with Gasteiger partial charge in [-0.1, -0.05) is 6.07 Å². The summed E-state index contributed by atoms with van der Waals surface area (Å²) in [5.41, 5.74) is 2.67. The summed E-state index contributed by atoms with van der Waals surface area (Å²) < 4.78 is 0. The van der Waals surface area contributed by atoms with E-state index in [-0.39, 0.29) is 19.0 Å². The van der Waals surface area contributed by atoms with Gasteiger partial charge in [-0.2, -0.15) is 0 Å². The minimum atomic E-state index is -0.203. The van der Waals surface area contributed by atoms with Crippen LogP contribution in [0.2, 0.25) is 0 Å². The van der Waals surface area contributed by atoms with Crippen LogP contribution in [0, 0.1) is 13.8 Å². The zero-order valence-electron chi connectivity index (χ0n) is 7.83. The number of aliphatic hydroxyl groups is 2. The number of aryl methyl sites for hydroxylation is 2. The number of hydrogen-bond acceptors (Lipinski definition) is 3. The van der Waals surface area contributed by atoms with Gasteiger partial charge in [0, 0.05) is 11.1 Å². The van der Waals surface area contributed by atoms with Crippen molar-refractivity contribution >= 4 is 0 Å². The molecule has 3 heteroatoms. The molecule has 0 aliphatic carbocycles. The van der Waals surface area contributed by atoms with E-state index in [4.69, 9.17) is 10.2 Å². The highest BCUT2D eigenvalue weighted by Gasteiger charge is 2.11. The molecule has 0 unspecified atom stereocenters. The SMILES string of the molecule is Cc1cc(C)c(CO)c(O)c1CO. The normalized spacial score (nSPS) is 10.5. The fourth-order valence-electron chi connectivity index (χ4n) is 1.45. The quantitative estimate of drug-likeness (QED) is 0.639. The summed E-state index contributed by atoms with van der Waals surface area (Å²) in [7, 11) is 0. The minimum absolute atomic E-state index is 0.0162. The topological polar surface area (TPSA) is 60.7 Å². The molecule has 0 heterocycles. The van der Waals surface area contributed by atoms with Gasteiger partial charge in [0.25, 0.3) is 0 Å². The lowest BCUT2D eigenvalue weighted by Crippen LogP contribution is -1.97. The molecule has 0 bridgehead atoms. The van der Waals surface area contributed by atoms with Crippen LogP contribution in [0.15, 0.2) is 6.07 Å². The summed E-state index contributed by atoms with van der Waals surface area (Å²) in [6.07, 6.45) is 0. The Balaban J connectivity index is 3.39. The fourth-order valence-corrected chi connectivity index (χ4v) is 1.45. The molecule has 0 saturated carbocycles. The van der Waals surface area contributed by atoms with Crippen LogP contribution in [0.5, 0.6) is 5.75 Å². The zero-order valence-corrected chi connectivity index (χ0v) is 7.83. The third-order valence-electron chi connectivity index (χ3n) is 2.27. The summed E-state index contributed by atoms with van der Waals surface area (Å²) in [5.74, 6) is 0.0162. The van der Waals surface area contributed by atoms with Crippen molar-refractivity contribution in [3.8, 4) is 5.75 Å². The highest BCUT2D eigenvalue weighted by molar-refractivity contribution is 5.48. The molecule has 0 amide bonds. The summed E-state index contributed by atoms with van der Waals surface area (Å²) in [4.78, 5) is 0. The Morgan fingerprint density at radius 2 is 1.38 bits per heavy atom. The smallest absolute Gasteiger partial charge is 0.127 e. The molecule has 0 radical (unpaired) electrons. The van der Waals surface area contributed by atoms with E-state index >= 15 is 0 Å². The van der Waals surface area contributed by atoms with Gasteiger partial charge in [0.15, 0.2) is 0 Å². The molecule has 3 nitrogen and oxygen atoms in total. The van der Waals surface area contributed by atoms with E-state index in [1.165, 1.54) is 0 Å². The Bertz CT molecular complexity index is 290. The van der Waals surface area contributed by atoms with E-state index in [1.807, 2.05) is 19.9 Å². The van der Waals surface area contributed by atoms with Crippen LogP contribution in [-0.2, 0) is 13.2 Å². The molecule has 0 fully saturated rings. The first-order chi connectivity index (χ1) is 6.11. The molecule has 0 saturated heterocycles. The fraction of sp³-hybridized carbons (Fsp3) is 0.400. The Kier molecular flexibility index (Phi) is 2.90. The van der Waals surface area contributed by atoms with E-state index in [1.54, 1.807) is 0 Å². The number of aromatic hydroxyl groups is 1. The molecule has 0 atom stereocenters. The van der Waals surface area contributed by atoms with Gasteiger partial charge < -0.3 is 15.3 Å². The lowest BCUT2D eigenvalue weighted by atomic mass is 9.99. The summed E-state index contributed by atoms with van der Waals surface area (Å²) in [5, 5.41) is 27.6. The van der Waals surface area contributed by atoms with Gasteiger partial charge >= 0.3 is 0 Å². The predicted octanol–water partition coefficient (Wildman–Crippen LogP) is 0.994. The molecule has 0 aliphatic heterocycles. The number of benzene rings is 1. The van der Waals surface area contributed by atoms with Crippen LogP contribution in [0.4, 0.5) is 0 Å². The van der Waals surface area contributed by atoms with Crippen molar-refractivity contribution < 1.29 is 15.3 Å². The van der Waals surface area contributed by atoms with Crippen LogP contribution in [0.1, 0.15) is 22.3 Å². The maximum Gasteiger partial charge on any atom is 0.127 e. The number of aliphatic hydroxyl groups excluding tert-OH is 2. The number of phenols is 1. The van der Waals surface area contributed by atoms with Crippen molar-refractivity contribution in [2.24, 2.45) is 0 Å². The predicted molar refractivity (Wildman–Crippen MR) is 49.4 cm³/mol. The number of rotatable bonds is 2. The van der Waals surface area contributed by atoms with Crippen LogP contribution in [0.25, 0.3) is 0 Å². The van der Waals surface area contributed by atoms with E-state index in [0.29, 0.717) is 11.1 Å². The molecule has 0 aliphatic rings. The lowest BCUT2D eigenvalue weighted by molar-refractivity contribution is 0.262. The Morgan fingerprint density at radius 1 is 1.00 bits per heavy atom. The molecular formula is C10H14O3. The number of hydrogen-bond donors (Lipinski definition) is 3. The Hall–Kier alpha value is -1.06. The first-order valence-electron chi connectivity index (χ1n) is 4.14. The molecule has 1 rings (SSSR count). The van der Waals surface area contributed by atoms with Crippen LogP contribution in [-0.4, -0.2) is 15.3 Å². The second kappa shape index (κ2) is 3.77. The molecule has 1 aromatic carbocycles. The Labute approximate surface area is 77.3 Å². The summed E-state index contributed by atoms with van der Waals surface area (Å²) >= 11 is 0. The third-order valence-corrected chi connectivity index (χ3v) is 2.27. The van der Waals surface area contributed by atoms with Crippen LogP contribution >= 0.6 is 0 Å². The second-order valence-electron chi connectivity index (χ2n) is 3.13. The average Bonchev–Trinajstić information content (AvgIpc) is 2.04. The van der Waals surface area contributed by atoms with Crippen molar-refractivity contribution in [2.75, 3.05) is 0 Å². The van der Waals surface area contributed by atoms with Crippen molar-refractivity contribution in [3.05, 3.63) is 28.3 Å². The molecule has 0 spiro atoms. The molecule has 3 N–H and O–H groups in total. The average molecular weight is 182 g/mol. The van der Waals surface area contributed by atoms with Gasteiger partial charge in [-0.3, -0.25) is 0 Å². The molecule has 72 valence electrons. The first-order valence-corrected chi connectivity index (χ1v) is 4.14. The van der Waals surface area contributed by atoms with E-state index in [9.17, 15) is 5.11 Å². The highest BCUT2D eigenvalue weighted by atomic mass is 16.3. The van der Waals surface area contributed by atoms with Gasteiger partial charge in [-0.25, -0.2) is 0 Å². The first kappa shape index (κ1) is 10.0. The van der Waals surface area contributed by atoms with E-state index in [0.717, 1.165) is 11.1 Å². The standard InChI is InChI=1S/C10H14O3/c1-6-3-7(2)9(5-12)10(13)8(6)4-11/h3,11-13H,4-5H2,1-2H3. The van der Waals surface area contributed by atoms with Crippen molar-refractivity contribution in [3.63, 3.8) is 0 Å². The highest BCUT2D eigenvalue weighted by Crippen LogP contribution is 2.28. The monoisotopic (exact) mass is 182 g/mol. The summed E-state index contributed by atoms with van der Waals surface area (Å²) in [6, 6.07) is 1.84. The van der Waals surface area contributed by atoms with Crippen molar-refractivity contribution in [1.82, 2.24) is 0 Å². The van der Waals surface area contributed by atoms with E-state index < -0.39 is 0 Å². The van der Waals surface area contributed by atoms with Crippen molar-refractivity contribution in [2.45, 2.75) is 27.1 Å². The second-order valence-corrected chi connectivity index (χ2v) is 3.13. The third kappa shape index (κ3) is 1.66. The van der Waals surface area contributed by atoms with Gasteiger partial charge in [-0.15, -0.1) is 0 Å². The van der Waals surface area contributed by atoms with Crippen LogP contribution in [0.3, 0.4) is 0 Å². The van der Waals surface area contributed by atoms with Crippen molar-refractivity contribution in [1.29, 1.82) is 0 Å². The molecule has 0 aromatic heterocycles. The maximum atomic E-state index is 9.63.